The van der Waals surface area contributed by atoms with Gasteiger partial charge in [0.25, 0.3) is 5.91 Å². The molecule has 0 N–H and O–H groups in total. The molecule has 4 nitrogen and oxygen atoms in total. The predicted octanol–water partition coefficient (Wildman–Crippen LogP) is 3.27. The number of aryl methyl sites for hydroxylation is 1. The lowest BCUT2D eigenvalue weighted by molar-refractivity contribution is 0.0734. The van der Waals surface area contributed by atoms with Crippen molar-refractivity contribution in [1.82, 2.24) is 14.5 Å². The van der Waals surface area contributed by atoms with E-state index in [1.54, 1.807) is 0 Å². The van der Waals surface area contributed by atoms with E-state index in [-0.39, 0.29) is 5.91 Å². The van der Waals surface area contributed by atoms with Gasteiger partial charge in [0.1, 0.15) is 4.88 Å². The maximum Gasteiger partial charge on any atom is 0.267 e. The Labute approximate surface area is 126 Å². The van der Waals surface area contributed by atoms with Crippen molar-refractivity contribution in [2.75, 3.05) is 11.9 Å². The topological polar surface area (TPSA) is 46.1 Å². The minimum absolute atomic E-state index is 0.149. The first-order valence-corrected chi connectivity index (χ1v) is 8.85. The molecule has 0 spiro atoms. The molecule has 1 aliphatic heterocycles. The van der Waals surface area contributed by atoms with Crippen LogP contribution in [-0.4, -0.2) is 38.3 Å². The van der Waals surface area contributed by atoms with Crippen molar-refractivity contribution in [2.24, 2.45) is 0 Å². The summed E-state index contributed by atoms with van der Waals surface area (Å²) in [6.07, 6.45) is 6.31. The zero-order chi connectivity index (χ0) is 13.7. The Balaban J connectivity index is 2.07. The second-order valence-electron chi connectivity index (χ2n) is 4.92. The molecule has 2 heterocycles. The van der Waals surface area contributed by atoms with Crippen molar-refractivity contribution in [2.45, 2.75) is 51.5 Å². The lowest BCUT2D eigenvalue weighted by Gasteiger charge is -2.24. The molecule has 0 aliphatic carbocycles. The number of carbonyl (C=O) groups is 1. The molecular weight excluding hydrogens is 326 g/mol. The summed E-state index contributed by atoms with van der Waals surface area (Å²) in [4.78, 5) is 15.4. The van der Waals surface area contributed by atoms with Gasteiger partial charge >= 0.3 is 0 Å². The van der Waals surface area contributed by atoms with Crippen molar-refractivity contribution >= 4 is 33.4 Å². The Morgan fingerprint density at radius 1 is 1.58 bits per heavy atom. The monoisotopic (exact) mass is 345 g/mol. The van der Waals surface area contributed by atoms with E-state index in [9.17, 15) is 4.79 Å². The second-order valence-corrected chi connectivity index (χ2v) is 6.47. The zero-order valence-electron chi connectivity index (χ0n) is 11.3. The van der Waals surface area contributed by atoms with Crippen LogP contribution in [0.15, 0.2) is 0 Å². The number of hydrogen-bond acceptors (Lipinski definition) is 4. The van der Waals surface area contributed by atoms with Crippen LogP contribution in [0.2, 0.25) is 0 Å². The highest BCUT2D eigenvalue weighted by Gasteiger charge is 2.31. The van der Waals surface area contributed by atoms with Crippen LogP contribution >= 0.6 is 27.5 Å². The van der Waals surface area contributed by atoms with Gasteiger partial charge in [-0.2, -0.15) is 0 Å². The average Bonchev–Trinajstić information content (AvgIpc) is 3.04. The summed E-state index contributed by atoms with van der Waals surface area (Å²) in [5, 5.41) is 5.11. The van der Waals surface area contributed by atoms with E-state index in [1.807, 2.05) is 4.90 Å². The molecular formula is C13H20BrN3OS. The van der Waals surface area contributed by atoms with Crippen LogP contribution in [0.5, 0.6) is 0 Å². The first-order valence-electron chi connectivity index (χ1n) is 6.96. The lowest BCUT2D eigenvalue weighted by Crippen LogP contribution is -2.35. The van der Waals surface area contributed by atoms with Gasteiger partial charge in [-0.3, -0.25) is 4.79 Å². The quantitative estimate of drug-likeness (QED) is 0.743. The van der Waals surface area contributed by atoms with E-state index in [2.05, 4.69) is 32.4 Å². The number of alkyl halides is 1. The van der Waals surface area contributed by atoms with Gasteiger partial charge in [-0.15, -0.1) is 5.10 Å². The molecule has 1 saturated heterocycles. The van der Waals surface area contributed by atoms with E-state index in [1.165, 1.54) is 11.5 Å². The number of aromatic nitrogens is 2. The van der Waals surface area contributed by atoms with Crippen LogP contribution in [-0.2, 0) is 6.42 Å². The predicted molar refractivity (Wildman–Crippen MR) is 81.0 cm³/mol. The molecule has 0 radical (unpaired) electrons. The molecule has 0 bridgehead atoms. The molecule has 1 aromatic heterocycles. The lowest BCUT2D eigenvalue weighted by atomic mass is 10.1. The number of halogens is 1. The van der Waals surface area contributed by atoms with Gasteiger partial charge in [0, 0.05) is 17.9 Å². The Morgan fingerprint density at radius 2 is 2.42 bits per heavy atom. The van der Waals surface area contributed by atoms with Crippen LogP contribution in [0.4, 0.5) is 0 Å². The average molecular weight is 346 g/mol. The van der Waals surface area contributed by atoms with Crippen LogP contribution in [0.3, 0.4) is 0 Å². The SMILES string of the molecule is CCCc1nnsc1C(=O)N1CCCC1CCCBr. The van der Waals surface area contributed by atoms with Gasteiger partial charge in [0.15, 0.2) is 0 Å². The third-order valence-electron chi connectivity index (χ3n) is 3.55. The summed E-state index contributed by atoms with van der Waals surface area (Å²) in [5.41, 5.74) is 0.878. The van der Waals surface area contributed by atoms with Crippen molar-refractivity contribution in [1.29, 1.82) is 0 Å². The molecule has 1 unspecified atom stereocenters. The van der Waals surface area contributed by atoms with Crippen molar-refractivity contribution in [3.63, 3.8) is 0 Å². The molecule has 0 aromatic carbocycles. The first-order chi connectivity index (χ1) is 9.27. The van der Waals surface area contributed by atoms with Crippen LogP contribution in [0, 0.1) is 0 Å². The number of nitrogens with zero attached hydrogens (tertiary/aromatic N) is 3. The fourth-order valence-electron chi connectivity index (χ4n) is 2.62. The van der Waals surface area contributed by atoms with Gasteiger partial charge < -0.3 is 4.90 Å². The third kappa shape index (κ3) is 3.54. The molecule has 1 fully saturated rings. The fraction of sp³-hybridized carbons (Fsp3) is 0.769. The largest absolute Gasteiger partial charge is 0.335 e. The maximum atomic E-state index is 12.6. The number of rotatable bonds is 6. The molecule has 1 amide bonds. The highest BCUT2D eigenvalue weighted by atomic mass is 79.9. The van der Waals surface area contributed by atoms with E-state index in [4.69, 9.17) is 0 Å². The second kappa shape index (κ2) is 7.33. The Morgan fingerprint density at radius 3 is 3.16 bits per heavy atom. The van der Waals surface area contributed by atoms with Crippen molar-refractivity contribution < 1.29 is 4.79 Å². The maximum absolute atomic E-state index is 12.6. The molecule has 0 saturated carbocycles. The minimum atomic E-state index is 0.149. The first kappa shape index (κ1) is 14.9. The summed E-state index contributed by atoms with van der Waals surface area (Å²) in [6, 6.07) is 0.404. The van der Waals surface area contributed by atoms with Gasteiger partial charge in [-0.25, -0.2) is 0 Å². The summed E-state index contributed by atoms with van der Waals surface area (Å²) in [6.45, 7) is 2.98. The standard InChI is InChI=1S/C13H20BrN3OS/c1-2-5-11-12(19-16-15-11)13(18)17-9-4-7-10(17)6-3-8-14/h10H,2-9H2,1H3. The number of amides is 1. The number of carbonyl (C=O) groups excluding carboxylic acids is 1. The number of hydrogen-bond donors (Lipinski definition) is 0. The summed E-state index contributed by atoms with van der Waals surface area (Å²) in [7, 11) is 0. The molecule has 1 atom stereocenters. The zero-order valence-corrected chi connectivity index (χ0v) is 13.7. The molecule has 19 heavy (non-hydrogen) atoms. The normalized spacial score (nSPS) is 19.1. The summed E-state index contributed by atoms with van der Waals surface area (Å²) >= 11 is 4.71. The highest BCUT2D eigenvalue weighted by molar-refractivity contribution is 9.09. The van der Waals surface area contributed by atoms with Crippen molar-refractivity contribution in [3.05, 3.63) is 10.6 Å². The van der Waals surface area contributed by atoms with Gasteiger partial charge in [-0.05, 0) is 43.6 Å². The van der Waals surface area contributed by atoms with Gasteiger partial charge in [0.2, 0.25) is 0 Å². The highest BCUT2D eigenvalue weighted by Crippen LogP contribution is 2.26. The molecule has 106 valence electrons. The van der Waals surface area contributed by atoms with Crippen LogP contribution in [0.1, 0.15) is 54.4 Å². The van der Waals surface area contributed by atoms with E-state index < -0.39 is 0 Å². The van der Waals surface area contributed by atoms with Gasteiger partial charge in [0.05, 0.1) is 5.69 Å². The van der Waals surface area contributed by atoms with Crippen LogP contribution < -0.4 is 0 Å². The molecule has 1 aliphatic rings. The Kier molecular flexibility index (Phi) is 5.76. The number of likely N-dealkylation sites (tertiary alicyclic amines) is 1. The van der Waals surface area contributed by atoms with Crippen molar-refractivity contribution in [3.8, 4) is 0 Å². The molecule has 2 rings (SSSR count). The van der Waals surface area contributed by atoms with E-state index >= 15 is 0 Å². The van der Waals surface area contributed by atoms with Gasteiger partial charge in [-0.1, -0.05) is 33.8 Å². The smallest absolute Gasteiger partial charge is 0.267 e. The third-order valence-corrected chi connectivity index (χ3v) is 4.86. The molecule has 1 aromatic rings. The fourth-order valence-corrected chi connectivity index (χ4v) is 3.61. The molecule has 6 heteroatoms. The van der Waals surface area contributed by atoms with E-state index in [0.29, 0.717) is 6.04 Å². The summed E-state index contributed by atoms with van der Waals surface area (Å²) < 4.78 is 3.96. The van der Waals surface area contributed by atoms with Crippen LogP contribution in [0.25, 0.3) is 0 Å². The summed E-state index contributed by atoms with van der Waals surface area (Å²) in [5.74, 6) is 0.149. The Bertz CT molecular complexity index is 424. The minimum Gasteiger partial charge on any atom is -0.335 e. The Hall–Kier alpha value is -0.490. The van der Waals surface area contributed by atoms with E-state index in [0.717, 1.165) is 61.0 Å².